The minimum atomic E-state index is 0.332. The first-order chi connectivity index (χ1) is 9.61. The van der Waals surface area contributed by atoms with Crippen LogP contribution in [0.15, 0.2) is 40.6 Å². The standard InChI is InChI=1S/C15H18N2S3/c1-10(9-11-5-4-8-20-11)17-12-6-3-7-13(19-2)14(12)15(16)18/h3-8,10,17H,9H2,1-2H3,(H2,16,18). The van der Waals surface area contributed by atoms with E-state index >= 15 is 0 Å². The summed E-state index contributed by atoms with van der Waals surface area (Å²) in [4.78, 5) is 2.94. The summed E-state index contributed by atoms with van der Waals surface area (Å²) in [5.41, 5.74) is 7.86. The molecule has 0 saturated heterocycles. The smallest absolute Gasteiger partial charge is 0.107 e. The molecule has 20 heavy (non-hydrogen) atoms. The lowest BCUT2D eigenvalue weighted by Gasteiger charge is -2.19. The Morgan fingerprint density at radius 1 is 1.40 bits per heavy atom. The summed E-state index contributed by atoms with van der Waals surface area (Å²) in [6.07, 6.45) is 3.04. The molecule has 106 valence electrons. The van der Waals surface area contributed by atoms with Gasteiger partial charge in [0, 0.05) is 33.5 Å². The first-order valence-corrected chi connectivity index (χ1v) is 8.88. The molecule has 1 aromatic heterocycles. The maximum Gasteiger partial charge on any atom is 0.107 e. The highest BCUT2D eigenvalue weighted by molar-refractivity contribution is 7.98. The number of nitrogens with one attached hydrogen (secondary N) is 1. The molecule has 0 saturated carbocycles. The zero-order valence-corrected chi connectivity index (χ0v) is 14.0. The van der Waals surface area contributed by atoms with Crippen LogP contribution in [0.4, 0.5) is 5.69 Å². The molecule has 0 aliphatic rings. The van der Waals surface area contributed by atoms with Crippen LogP contribution in [0.25, 0.3) is 0 Å². The average Bonchev–Trinajstić information content (AvgIpc) is 2.90. The topological polar surface area (TPSA) is 38.0 Å². The Morgan fingerprint density at radius 2 is 2.20 bits per heavy atom. The van der Waals surface area contributed by atoms with Crippen molar-refractivity contribution in [2.75, 3.05) is 11.6 Å². The van der Waals surface area contributed by atoms with Gasteiger partial charge in [-0.2, -0.15) is 0 Å². The van der Waals surface area contributed by atoms with Gasteiger partial charge in [-0.15, -0.1) is 23.1 Å². The van der Waals surface area contributed by atoms with E-state index in [1.165, 1.54) is 4.88 Å². The summed E-state index contributed by atoms with van der Waals surface area (Å²) in [7, 11) is 0. The predicted octanol–water partition coefficient (Wildman–Crippen LogP) is 4.15. The zero-order chi connectivity index (χ0) is 14.5. The molecular formula is C15H18N2S3. The maximum atomic E-state index is 5.88. The Balaban J connectivity index is 2.18. The third-order valence-electron chi connectivity index (χ3n) is 2.98. The van der Waals surface area contributed by atoms with E-state index in [9.17, 15) is 0 Å². The van der Waals surface area contributed by atoms with Gasteiger partial charge in [-0.1, -0.05) is 24.4 Å². The van der Waals surface area contributed by atoms with Crippen LogP contribution < -0.4 is 11.1 Å². The fourth-order valence-electron chi connectivity index (χ4n) is 2.12. The van der Waals surface area contributed by atoms with Crippen molar-refractivity contribution in [3.05, 3.63) is 46.2 Å². The van der Waals surface area contributed by atoms with Crippen LogP contribution >= 0.6 is 35.3 Å². The van der Waals surface area contributed by atoms with E-state index < -0.39 is 0 Å². The van der Waals surface area contributed by atoms with Crippen molar-refractivity contribution < 1.29 is 0 Å². The van der Waals surface area contributed by atoms with Gasteiger partial charge in [0.1, 0.15) is 4.99 Å². The summed E-state index contributed by atoms with van der Waals surface area (Å²) in [6.45, 7) is 2.18. The fourth-order valence-corrected chi connectivity index (χ4v) is 3.88. The monoisotopic (exact) mass is 322 g/mol. The van der Waals surface area contributed by atoms with E-state index in [1.807, 2.05) is 24.5 Å². The molecule has 1 heterocycles. The minimum absolute atomic E-state index is 0.332. The third-order valence-corrected chi connectivity index (χ3v) is 4.86. The van der Waals surface area contributed by atoms with Crippen molar-refractivity contribution in [3.8, 4) is 0 Å². The molecule has 3 N–H and O–H groups in total. The van der Waals surface area contributed by atoms with Crippen LogP contribution in [0.2, 0.25) is 0 Å². The zero-order valence-electron chi connectivity index (χ0n) is 11.6. The van der Waals surface area contributed by atoms with Crippen LogP contribution in [0.5, 0.6) is 0 Å². The van der Waals surface area contributed by atoms with Gasteiger partial charge in [0.15, 0.2) is 0 Å². The van der Waals surface area contributed by atoms with E-state index in [4.69, 9.17) is 18.0 Å². The van der Waals surface area contributed by atoms with Crippen molar-refractivity contribution in [1.29, 1.82) is 0 Å². The van der Waals surface area contributed by atoms with Crippen LogP contribution in [0, 0.1) is 0 Å². The Morgan fingerprint density at radius 3 is 2.80 bits per heavy atom. The second kappa shape index (κ2) is 7.11. The number of nitrogens with two attached hydrogens (primary N) is 1. The number of anilines is 1. The summed E-state index contributed by atoms with van der Waals surface area (Å²) in [5, 5.41) is 5.64. The van der Waals surface area contributed by atoms with E-state index in [0.29, 0.717) is 11.0 Å². The largest absolute Gasteiger partial charge is 0.389 e. The second-order valence-electron chi connectivity index (χ2n) is 4.58. The van der Waals surface area contributed by atoms with Gasteiger partial charge in [0.05, 0.1) is 0 Å². The van der Waals surface area contributed by atoms with Crippen LogP contribution in [0.3, 0.4) is 0 Å². The highest BCUT2D eigenvalue weighted by Crippen LogP contribution is 2.28. The molecule has 1 aromatic carbocycles. The third kappa shape index (κ3) is 3.75. The van der Waals surface area contributed by atoms with Gasteiger partial charge in [-0.05, 0) is 36.8 Å². The summed E-state index contributed by atoms with van der Waals surface area (Å²) < 4.78 is 0. The number of thioether (sulfide) groups is 1. The van der Waals surface area contributed by atoms with Crippen LogP contribution in [-0.4, -0.2) is 17.3 Å². The SMILES string of the molecule is CSc1cccc(NC(C)Cc2cccs2)c1C(N)=S. The molecule has 5 heteroatoms. The summed E-state index contributed by atoms with van der Waals surface area (Å²) in [6, 6.07) is 10.7. The number of hydrogen-bond acceptors (Lipinski definition) is 4. The predicted molar refractivity (Wildman–Crippen MR) is 95.2 cm³/mol. The lowest BCUT2D eigenvalue weighted by Crippen LogP contribution is -2.21. The molecule has 0 radical (unpaired) electrons. The Kier molecular flexibility index (Phi) is 5.46. The van der Waals surface area contributed by atoms with Crippen molar-refractivity contribution in [2.24, 2.45) is 5.73 Å². The number of thiocarbonyl (C=S) groups is 1. The Hall–Kier alpha value is -1.04. The quantitative estimate of drug-likeness (QED) is 0.619. The number of rotatable bonds is 6. The highest BCUT2D eigenvalue weighted by atomic mass is 32.2. The van der Waals surface area contributed by atoms with Crippen LogP contribution in [-0.2, 0) is 6.42 Å². The van der Waals surface area contributed by atoms with Crippen molar-refractivity contribution in [3.63, 3.8) is 0 Å². The van der Waals surface area contributed by atoms with Crippen molar-refractivity contribution >= 4 is 46.0 Å². The fraction of sp³-hybridized carbons (Fsp3) is 0.267. The minimum Gasteiger partial charge on any atom is -0.389 e. The van der Waals surface area contributed by atoms with Gasteiger partial charge in [0.2, 0.25) is 0 Å². The van der Waals surface area contributed by atoms with E-state index in [1.54, 1.807) is 23.1 Å². The molecule has 0 fully saturated rings. The molecule has 0 aliphatic carbocycles. The molecule has 0 aliphatic heterocycles. The highest BCUT2D eigenvalue weighted by Gasteiger charge is 2.13. The maximum absolute atomic E-state index is 5.88. The molecule has 2 aromatic rings. The van der Waals surface area contributed by atoms with Crippen LogP contribution in [0.1, 0.15) is 17.4 Å². The molecule has 0 amide bonds. The lowest BCUT2D eigenvalue weighted by molar-refractivity contribution is 0.800. The number of hydrogen-bond donors (Lipinski definition) is 2. The molecule has 2 nitrogen and oxygen atoms in total. The lowest BCUT2D eigenvalue weighted by atomic mass is 10.1. The van der Waals surface area contributed by atoms with Crippen molar-refractivity contribution in [1.82, 2.24) is 0 Å². The number of thiophene rings is 1. The molecule has 0 bridgehead atoms. The van der Waals surface area contributed by atoms with E-state index in [-0.39, 0.29) is 0 Å². The van der Waals surface area contributed by atoms with E-state index in [0.717, 1.165) is 22.6 Å². The van der Waals surface area contributed by atoms with E-state index in [2.05, 4.69) is 29.8 Å². The van der Waals surface area contributed by atoms with Gasteiger partial charge in [-0.25, -0.2) is 0 Å². The normalized spacial score (nSPS) is 12.1. The van der Waals surface area contributed by atoms with Gasteiger partial charge >= 0.3 is 0 Å². The average molecular weight is 323 g/mol. The Labute approximate surface area is 133 Å². The molecule has 0 spiro atoms. The first-order valence-electron chi connectivity index (χ1n) is 6.37. The molecule has 1 unspecified atom stereocenters. The molecule has 2 rings (SSSR count). The summed E-state index contributed by atoms with van der Waals surface area (Å²) in [5.74, 6) is 0. The first kappa shape index (κ1) is 15.4. The van der Waals surface area contributed by atoms with Crippen molar-refractivity contribution in [2.45, 2.75) is 24.3 Å². The Bertz CT molecular complexity index is 579. The van der Waals surface area contributed by atoms with Gasteiger partial charge in [0.25, 0.3) is 0 Å². The van der Waals surface area contributed by atoms with Gasteiger partial charge < -0.3 is 11.1 Å². The number of benzene rings is 1. The second-order valence-corrected chi connectivity index (χ2v) is 6.90. The van der Waals surface area contributed by atoms with Gasteiger partial charge in [-0.3, -0.25) is 0 Å². The molecular weight excluding hydrogens is 304 g/mol. The summed E-state index contributed by atoms with van der Waals surface area (Å²) >= 11 is 8.65. The molecule has 1 atom stereocenters.